The number of carbonyl (C=O) groups is 1. The average molecular weight is 704 g/mol. The standard InChI is InChI=1S/C30H26Cl2F2N8O4S/c1-12(13-6-5-7-38-25(13)36)37-8-9-45-23-18-22(40-28(32)41-26(18)43)20(34)17(19(23)31)21-16-14(10-35)27(42-29(44)46-30(2,3)4)47-24(16)15(33)11-39-21/h5-7,11-12,37H,8-9H2,1-4H3,(H2,36,38)(H,42,44)(H,40,41,43)/t12-/m1/s1. The normalized spacial score (nSPS) is 12.2. The third-order valence-corrected chi connectivity index (χ3v) is 8.35. The number of ether oxygens (including phenoxy) is 2. The Morgan fingerprint density at radius 3 is 2.66 bits per heavy atom. The number of nitriles is 1. The SMILES string of the molecule is C[C@@H](NCCOc1c(Cl)c(-c2ncc(F)c3sc(NC(=O)OC(C)(C)C)c(C#N)c23)c(F)c2nc(Cl)nc(O)c12)c1cccnc1N. The Bertz CT molecular complexity index is 2080. The quantitative estimate of drug-likeness (QED) is 0.0954. The predicted molar refractivity (Wildman–Crippen MR) is 175 cm³/mol. The highest BCUT2D eigenvalue weighted by molar-refractivity contribution is 7.23. The molecule has 17 heteroatoms. The minimum atomic E-state index is -1.10. The van der Waals surface area contributed by atoms with Gasteiger partial charge in [-0.15, -0.1) is 11.3 Å². The van der Waals surface area contributed by atoms with Crippen LogP contribution in [-0.4, -0.2) is 49.9 Å². The van der Waals surface area contributed by atoms with Gasteiger partial charge in [-0.1, -0.05) is 17.7 Å². The van der Waals surface area contributed by atoms with Crippen LogP contribution in [0.4, 0.5) is 24.4 Å². The van der Waals surface area contributed by atoms with Crippen molar-refractivity contribution < 1.29 is 28.2 Å². The van der Waals surface area contributed by atoms with E-state index in [1.807, 2.05) is 19.1 Å². The molecule has 1 amide bonds. The Balaban J connectivity index is 1.61. The van der Waals surface area contributed by atoms with E-state index >= 15 is 8.78 Å². The Hall–Kier alpha value is -4.62. The lowest BCUT2D eigenvalue weighted by Gasteiger charge is -2.19. The summed E-state index contributed by atoms with van der Waals surface area (Å²) in [7, 11) is 0. The summed E-state index contributed by atoms with van der Waals surface area (Å²) >= 11 is 13.5. The highest BCUT2D eigenvalue weighted by Crippen LogP contribution is 2.49. The molecule has 1 aromatic carbocycles. The van der Waals surface area contributed by atoms with Crippen LogP contribution < -0.4 is 21.1 Å². The van der Waals surface area contributed by atoms with Crippen LogP contribution in [0.2, 0.25) is 10.3 Å². The van der Waals surface area contributed by atoms with Gasteiger partial charge >= 0.3 is 6.09 Å². The number of carbonyl (C=O) groups excluding carboxylic acids is 1. The molecule has 5 rings (SSSR count). The first-order valence-electron chi connectivity index (χ1n) is 13.9. The number of benzene rings is 1. The molecule has 0 aliphatic carbocycles. The summed E-state index contributed by atoms with van der Waals surface area (Å²) in [6, 6.07) is 5.28. The topological polar surface area (TPSA) is 181 Å². The molecule has 244 valence electrons. The molecule has 0 bridgehead atoms. The van der Waals surface area contributed by atoms with Crippen LogP contribution in [0.15, 0.2) is 24.5 Å². The summed E-state index contributed by atoms with van der Waals surface area (Å²) in [6.45, 7) is 7.00. The van der Waals surface area contributed by atoms with Crippen molar-refractivity contribution in [3.05, 3.63) is 57.6 Å². The fourth-order valence-electron chi connectivity index (χ4n) is 4.76. The van der Waals surface area contributed by atoms with Gasteiger partial charge in [-0.05, 0) is 45.4 Å². The van der Waals surface area contributed by atoms with Crippen molar-refractivity contribution in [3.8, 4) is 29.0 Å². The Morgan fingerprint density at radius 1 is 1.23 bits per heavy atom. The first-order chi connectivity index (χ1) is 22.2. The largest absolute Gasteiger partial charge is 0.493 e. The number of thiophene rings is 1. The molecule has 4 aromatic heterocycles. The number of aromatic hydroxyl groups is 1. The third kappa shape index (κ3) is 6.77. The second-order valence-corrected chi connectivity index (χ2v) is 12.8. The van der Waals surface area contributed by atoms with Crippen molar-refractivity contribution in [2.45, 2.75) is 39.3 Å². The van der Waals surface area contributed by atoms with Gasteiger partial charge in [0.2, 0.25) is 11.2 Å². The minimum absolute atomic E-state index is 0.0510. The van der Waals surface area contributed by atoms with E-state index < -0.39 is 45.6 Å². The smallest absolute Gasteiger partial charge is 0.412 e. The number of fused-ring (bicyclic) bond motifs is 2. The average Bonchev–Trinajstić information content (AvgIpc) is 3.35. The van der Waals surface area contributed by atoms with Crippen LogP contribution in [0.1, 0.15) is 44.9 Å². The Kier molecular flexibility index (Phi) is 9.51. The number of nitrogen functional groups attached to an aromatic ring is 1. The number of hydrogen-bond acceptors (Lipinski definition) is 12. The minimum Gasteiger partial charge on any atom is -0.493 e. The summed E-state index contributed by atoms with van der Waals surface area (Å²) in [5, 5.41) is 25.2. The molecular formula is C30H26Cl2F2N8O4S. The van der Waals surface area contributed by atoms with Gasteiger partial charge in [0.15, 0.2) is 17.4 Å². The maximum Gasteiger partial charge on any atom is 0.412 e. The second-order valence-electron chi connectivity index (χ2n) is 11.1. The number of nitrogens with zero attached hydrogens (tertiary/aromatic N) is 5. The Morgan fingerprint density at radius 2 is 1.98 bits per heavy atom. The molecule has 47 heavy (non-hydrogen) atoms. The van der Waals surface area contributed by atoms with Gasteiger partial charge < -0.3 is 25.6 Å². The predicted octanol–water partition coefficient (Wildman–Crippen LogP) is 7.12. The number of rotatable bonds is 8. The number of halogens is 4. The molecule has 0 fully saturated rings. The highest BCUT2D eigenvalue weighted by atomic mass is 35.5. The van der Waals surface area contributed by atoms with Crippen molar-refractivity contribution >= 4 is 72.4 Å². The van der Waals surface area contributed by atoms with E-state index in [2.05, 4.69) is 30.6 Å². The van der Waals surface area contributed by atoms with Crippen molar-refractivity contribution in [2.24, 2.45) is 0 Å². The zero-order valence-electron chi connectivity index (χ0n) is 25.2. The van der Waals surface area contributed by atoms with Crippen molar-refractivity contribution in [1.29, 1.82) is 5.26 Å². The number of nitrogens with two attached hydrogens (primary N) is 1. The molecule has 0 unspecified atom stereocenters. The van der Waals surface area contributed by atoms with Crippen molar-refractivity contribution in [2.75, 3.05) is 24.2 Å². The summed E-state index contributed by atoms with van der Waals surface area (Å²) in [6.07, 6.45) is 1.51. The second kappa shape index (κ2) is 13.2. The number of aromatic nitrogens is 4. The van der Waals surface area contributed by atoms with Crippen LogP contribution in [0.5, 0.6) is 11.6 Å². The molecule has 0 aliphatic heterocycles. The molecule has 5 aromatic rings. The van der Waals surface area contributed by atoms with Gasteiger partial charge in [-0.2, -0.15) is 10.2 Å². The first kappa shape index (κ1) is 33.7. The first-order valence-corrected chi connectivity index (χ1v) is 15.4. The van der Waals surface area contributed by atoms with Crippen LogP contribution >= 0.6 is 34.5 Å². The lowest BCUT2D eigenvalue weighted by molar-refractivity contribution is 0.0636. The van der Waals surface area contributed by atoms with Gasteiger partial charge in [0.25, 0.3) is 0 Å². The number of nitrogens with one attached hydrogen (secondary N) is 2. The molecule has 0 radical (unpaired) electrons. The molecule has 0 spiro atoms. The Labute approximate surface area is 280 Å². The zero-order valence-corrected chi connectivity index (χ0v) is 27.5. The van der Waals surface area contributed by atoms with Crippen LogP contribution in [-0.2, 0) is 4.74 Å². The number of anilines is 2. The lowest BCUT2D eigenvalue weighted by Crippen LogP contribution is -2.27. The van der Waals surface area contributed by atoms with Crippen LogP contribution in [0, 0.1) is 23.0 Å². The van der Waals surface area contributed by atoms with E-state index in [0.717, 1.165) is 23.1 Å². The fourth-order valence-corrected chi connectivity index (χ4v) is 6.28. The van der Waals surface area contributed by atoms with Gasteiger partial charge in [-0.3, -0.25) is 10.3 Å². The summed E-state index contributed by atoms with van der Waals surface area (Å²) < 4.78 is 42.7. The molecule has 5 N–H and O–H groups in total. The highest BCUT2D eigenvalue weighted by Gasteiger charge is 2.30. The van der Waals surface area contributed by atoms with Gasteiger partial charge in [-0.25, -0.2) is 23.5 Å². The van der Waals surface area contributed by atoms with Crippen LogP contribution in [0.25, 0.3) is 32.2 Å². The molecule has 0 aliphatic rings. The molecule has 1 atom stereocenters. The fraction of sp³-hybridized carbons (Fsp3) is 0.267. The van der Waals surface area contributed by atoms with Gasteiger partial charge in [0.1, 0.15) is 40.0 Å². The van der Waals surface area contributed by atoms with E-state index in [1.54, 1.807) is 33.0 Å². The lowest BCUT2D eigenvalue weighted by atomic mass is 10.0. The van der Waals surface area contributed by atoms with E-state index in [4.69, 9.17) is 38.4 Å². The van der Waals surface area contributed by atoms with Gasteiger partial charge in [0, 0.05) is 29.7 Å². The van der Waals surface area contributed by atoms with Crippen molar-refractivity contribution in [3.63, 3.8) is 0 Å². The van der Waals surface area contributed by atoms with E-state index in [-0.39, 0.29) is 61.7 Å². The summed E-state index contributed by atoms with van der Waals surface area (Å²) in [5.41, 5.74) is 4.50. The molecule has 12 nitrogen and oxygen atoms in total. The monoisotopic (exact) mass is 702 g/mol. The van der Waals surface area contributed by atoms with E-state index in [1.165, 1.54) is 0 Å². The number of amides is 1. The number of pyridine rings is 2. The maximum absolute atomic E-state index is 16.4. The molecule has 0 saturated heterocycles. The van der Waals surface area contributed by atoms with Gasteiger partial charge in [0.05, 0.1) is 32.7 Å². The maximum atomic E-state index is 16.4. The third-order valence-electron chi connectivity index (χ3n) is 6.70. The summed E-state index contributed by atoms with van der Waals surface area (Å²) in [4.78, 5) is 28.4. The van der Waals surface area contributed by atoms with Crippen LogP contribution in [0.3, 0.4) is 0 Å². The molecule has 4 heterocycles. The summed E-state index contributed by atoms with van der Waals surface area (Å²) in [5.74, 6) is -2.51. The molecular weight excluding hydrogens is 677 g/mol. The number of hydrogen-bond donors (Lipinski definition) is 4. The zero-order chi connectivity index (χ0) is 34.2. The molecule has 0 saturated carbocycles. The van der Waals surface area contributed by atoms with E-state index in [9.17, 15) is 15.2 Å². The van der Waals surface area contributed by atoms with Crippen molar-refractivity contribution in [1.82, 2.24) is 25.3 Å². The van der Waals surface area contributed by atoms with E-state index in [0.29, 0.717) is 5.82 Å².